The second-order valence-electron chi connectivity index (χ2n) is 4.04. The number of allylic oxidation sites excluding steroid dienone is 1. The molecular weight excluding hydrogens is 252 g/mol. The standard InChI is InChI=1S/C13H15BrO/c1-9-11(8-15)4-2-3-10-5-6-12(14)7-13(9)10/h5-7,15H,2-4,8H2,1H3. The van der Waals surface area contributed by atoms with Gasteiger partial charge in [-0.1, -0.05) is 22.0 Å². The van der Waals surface area contributed by atoms with Crippen LogP contribution in [0.25, 0.3) is 5.57 Å². The Labute approximate surface area is 99.0 Å². The third-order valence-corrected chi connectivity index (χ3v) is 3.62. The molecule has 1 N–H and O–H groups in total. The monoisotopic (exact) mass is 266 g/mol. The van der Waals surface area contributed by atoms with Crippen LogP contribution in [0.4, 0.5) is 0 Å². The molecule has 0 fully saturated rings. The van der Waals surface area contributed by atoms with Gasteiger partial charge in [-0.15, -0.1) is 0 Å². The molecule has 80 valence electrons. The van der Waals surface area contributed by atoms with E-state index in [0.29, 0.717) is 0 Å². The van der Waals surface area contributed by atoms with E-state index in [0.717, 1.165) is 23.7 Å². The van der Waals surface area contributed by atoms with Crippen molar-refractivity contribution in [1.29, 1.82) is 0 Å². The van der Waals surface area contributed by atoms with Gasteiger partial charge in [0.25, 0.3) is 0 Å². The lowest BCUT2D eigenvalue weighted by molar-refractivity contribution is 0.326. The minimum absolute atomic E-state index is 0.192. The Bertz CT molecular complexity index is 407. The molecule has 0 spiro atoms. The van der Waals surface area contributed by atoms with Crippen LogP contribution in [0.1, 0.15) is 30.9 Å². The van der Waals surface area contributed by atoms with Gasteiger partial charge in [0, 0.05) is 4.47 Å². The van der Waals surface area contributed by atoms with Crippen molar-refractivity contribution >= 4 is 21.5 Å². The summed E-state index contributed by atoms with van der Waals surface area (Å²) in [6.07, 6.45) is 3.28. The molecule has 1 aromatic rings. The van der Waals surface area contributed by atoms with E-state index in [1.165, 1.54) is 22.3 Å². The highest BCUT2D eigenvalue weighted by Crippen LogP contribution is 2.31. The predicted octanol–water partition coefficient (Wildman–Crippen LogP) is 3.55. The van der Waals surface area contributed by atoms with Gasteiger partial charge in [0.2, 0.25) is 0 Å². The Morgan fingerprint density at radius 3 is 2.87 bits per heavy atom. The van der Waals surface area contributed by atoms with E-state index in [2.05, 4.69) is 41.1 Å². The van der Waals surface area contributed by atoms with Crippen molar-refractivity contribution in [2.45, 2.75) is 26.2 Å². The minimum Gasteiger partial charge on any atom is -0.392 e. The first-order chi connectivity index (χ1) is 7.22. The van der Waals surface area contributed by atoms with Crippen molar-refractivity contribution < 1.29 is 5.11 Å². The van der Waals surface area contributed by atoms with Crippen LogP contribution in [0.2, 0.25) is 0 Å². The fourth-order valence-corrected chi connectivity index (χ4v) is 2.54. The van der Waals surface area contributed by atoms with E-state index in [1.54, 1.807) is 0 Å². The summed E-state index contributed by atoms with van der Waals surface area (Å²) in [6, 6.07) is 6.44. The van der Waals surface area contributed by atoms with E-state index in [9.17, 15) is 5.11 Å². The van der Waals surface area contributed by atoms with Gasteiger partial charge < -0.3 is 5.11 Å². The minimum atomic E-state index is 0.192. The van der Waals surface area contributed by atoms with Gasteiger partial charge >= 0.3 is 0 Å². The molecule has 0 radical (unpaired) electrons. The first kappa shape index (κ1) is 10.9. The summed E-state index contributed by atoms with van der Waals surface area (Å²) in [5.74, 6) is 0. The number of aryl methyl sites for hydroxylation is 1. The van der Waals surface area contributed by atoms with Crippen LogP contribution in [-0.2, 0) is 6.42 Å². The molecule has 1 nitrogen and oxygen atoms in total. The van der Waals surface area contributed by atoms with Gasteiger partial charge in [-0.2, -0.15) is 0 Å². The van der Waals surface area contributed by atoms with Gasteiger partial charge in [0.1, 0.15) is 0 Å². The lowest BCUT2D eigenvalue weighted by atomic mass is 9.98. The van der Waals surface area contributed by atoms with Crippen LogP contribution in [0.15, 0.2) is 28.2 Å². The van der Waals surface area contributed by atoms with Gasteiger partial charge in [-0.3, -0.25) is 0 Å². The molecule has 0 atom stereocenters. The largest absolute Gasteiger partial charge is 0.392 e. The van der Waals surface area contributed by atoms with Crippen LogP contribution in [-0.4, -0.2) is 11.7 Å². The number of hydrogen-bond acceptors (Lipinski definition) is 1. The van der Waals surface area contributed by atoms with Crippen LogP contribution in [0.3, 0.4) is 0 Å². The Balaban J connectivity index is 2.56. The molecule has 2 heteroatoms. The van der Waals surface area contributed by atoms with Crippen molar-refractivity contribution in [2.24, 2.45) is 0 Å². The van der Waals surface area contributed by atoms with Crippen LogP contribution < -0.4 is 0 Å². The van der Waals surface area contributed by atoms with Crippen molar-refractivity contribution in [1.82, 2.24) is 0 Å². The summed E-state index contributed by atoms with van der Waals surface area (Å²) in [5, 5.41) is 9.31. The average molecular weight is 267 g/mol. The summed E-state index contributed by atoms with van der Waals surface area (Å²) in [4.78, 5) is 0. The molecule has 0 amide bonds. The molecule has 15 heavy (non-hydrogen) atoms. The van der Waals surface area contributed by atoms with E-state index >= 15 is 0 Å². The lowest BCUT2D eigenvalue weighted by Crippen LogP contribution is -1.93. The van der Waals surface area contributed by atoms with Crippen molar-refractivity contribution in [3.63, 3.8) is 0 Å². The van der Waals surface area contributed by atoms with Gasteiger partial charge in [-0.25, -0.2) is 0 Å². The van der Waals surface area contributed by atoms with E-state index in [-0.39, 0.29) is 6.61 Å². The molecule has 2 rings (SSSR count). The zero-order valence-electron chi connectivity index (χ0n) is 8.89. The summed E-state index contributed by atoms with van der Waals surface area (Å²) in [6.45, 7) is 2.31. The summed E-state index contributed by atoms with van der Waals surface area (Å²) < 4.78 is 1.11. The van der Waals surface area contributed by atoms with Gasteiger partial charge in [-0.05, 0) is 60.6 Å². The first-order valence-electron chi connectivity index (χ1n) is 5.30. The number of halogens is 1. The van der Waals surface area contributed by atoms with Crippen molar-refractivity contribution in [2.75, 3.05) is 6.61 Å². The molecule has 0 heterocycles. The third-order valence-electron chi connectivity index (χ3n) is 3.12. The zero-order valence-corrected chi connectivity index (χ0v) is 10.5. The normalized spacial score (nSPS) is 16.2. The molecule has 1 aliphatic rings. The average Bonchev–Trinajstić information content (AvgIpc) is 2.39. The zero-order chi connectivity index (χ0) is 10.8. The first-order valence-corrected chi connectivity index (χ1v) is 6.10. The molecule has 0 unspecified atom stereocenters. The molecule has 1 aromatic carbocycles. The second kappa shape index (κ2) is 4.50. The Hall–Kier alpha value is -0.600. The molecule has 0 bridgehead atoms. The van der Waals surface area contributed by atoms with E-state index in [4.69, 9.17) is 0 Å². The van der Waals surface area contributed by atoms with Gasteiger partial charge in [0.15, 0.2) is 0 Å². The maximum Gasteiger partial charge on any atom is 0.0647 e. The number of aliphatic hydroxyl groups excluding tert-OH is 1. The summed E-state index contributed by atoms with van der Waals surface area (Å²) in [7, 11) is 0. The molecule has 0 aliphatic heterocycles. The van der Waals surface area contributed by atoms with E-state index < -0.39 is 0 Å². The van der Waals surface area contributed by atoms with Crippen molar-refractivity contribution in [3.8, 4) is 0 Å². The summed E-state index contributed by atoms with van der Waals surface area (Å²) >= 11 is 3.50. The van der Waals surface area contributed by atoms with E-state index in [1.807, 2.05) is 0 Å². The molecule has 0 aromatic heterocycles. The molecule has 1 aliphatic carbocycles. The second-order valence-corrected chi connectivity index (χ2v) is 4.96. The topological polar surface area (TPSA) is 20.2 Å². The summed E-state index contributed by atoms with van der Waals surface area (Å²) in [5.41, 5.74) is 5.14. The Morgan fingerprint density at radius 2 is 2.13 bits per heavy atom. The highest BCUT2D eigenvalue weighted by Gasteiger charge is 2.13. The van der Waals surface area contributed by atoms with Crippen LogP contribution in [0, 0.1) is 0 Å². The quantitative estimate of drug-likeness (QED) is 0.825. The number of fused-ring (bicyclic) bond motifs is 1. The third kappa shape index (κ3) is 2.16. The number of aliphatic hydroxyl groups is 1. The SMILES string of the molecule is CC1=C(CO)CCCc2ccc(Br)cc21. The predicted molar refractivity (Wildman–Crippen MR) is 66.8 cm³/mol. The fraction of sp³-hybridized carbons (Fsp3) is 0.385. The maximum atomic E-state index is 9.31. The number of hydrogen-bond donors (Lipinski definition) is 1. The molecule has 0 saturated carbocycles. The fourth-order valence-electron chi connectivity index (χ4n) is 2.18. The van der Waals surface area contributed by atoms with Gasteiger partial charge in [0.05, 0.1) is 6.61 Å². The highest BCUT2D eigenvalue weighted by atomic mass is 79.9. The molecule has 0 saturated heterocycles. The lowest BCUT2D eigenvalue weighted by Gasteiger charge is -2.09. The maximum absolute atomic E-state index is 9.31. The number of rotatable bonds is 1. The van der Waals surface area contributed by atoms with Crippen LogP contribution in [0.5, 0.6) is 0 Å². The highest BCUT2D eigenvalue weighted by molar-refractivity contribution is 9.10. The smallest absolute Gasteiger partial charge is 0.0647 e. The van der Waals surface area contributed by atoms with Crippen molar-refractivity contribution in [3.05, 3.63) is 39.4 Å². The van der Waals surface area contributed by atoms with Crippen LogP contribution >= 0.6 is 15.9 Å². The molecular formula is C13H15BrO. The Kier molecular flexibility index (Phi) is 3.27. The number of benzene rings is 1. The Morgan fingerprint density at radius 1 is 1.33 bits per heavy atom.